The lowest BCUT2D eigenvalue weighted by Gasteiger charge is -2.36. The minimum atomic E-state index is 0.107. The van der Waals surface area contributed by atoms with E-state index in [1.165, 1.54) is 5.56 Å². The van der Waals surface area contributed by atoms with Crippen molar-refractivity contribution in [2.75, 3.05) is 26.7 Å². The van der Waals surface area contributed by atoms with E-state index in [1.54, 1.807) is 7.11 Å². The quantitative estimate of drug-likeness (QED) is 0.943. The zero-order valence-electron chi connectivity index (χ0n) is 13.4. The molecular formula is C19H22N2O2. The van der Waals surface area contributed by atoms with E-state index in [4.69, 9.17) is 4.74 Å². The van der Waals surface area contributed by atoms with Gasteiger partial charge < -0.3 is 15.0 Å². The first kappa shape index (κ1) is 15.6. The Labute approximate surface area is 137 Å². The molecular weight excluding hydrogens is 288 g/mol. The van der Waals surface area contributed by atoms with Gasteiger partial charge in [-0.3, -0.25) is 4.79 Å². The molecule has 1 heterocycles. The molecule has 120 valence electrons. The van der Waals surface area contributed by atoms with Crippen LogP contribution in [0.1, 0.15) is 17.2 Å². The van der Waals surface area contributed by atoms with E-state index >= 15 is 0 Å². The fourth-order valence-electron chi connectivity index (χ4n) is 3.00. The molecule has 0 spiro atoms. The van der Waals surface area contributed by atoms with Crippen LogP contribution in [-0.2, 0) is 11.2 Å². The van der Waals surface area contributed by atoms with E-state index in [1.807, 2.05) is 47.4 Å². The number of piperazine rings is 1. The summed E-state index contributed by atoms with van der Waals surface area (Å²) in [6.45, 7) is 2.39. The Hall–Kier alpha value is -2.33. The minimum absolute atomic E-state index is 0.107. The van der Waals surface area contributed by atoms with E-state index in [0.29, 0.717) is 6.42 Å². The summed E-state index contributed by atoms with van der Waals surface area (Å²) in [7, 11) is 1.64. The molecule has 1 unspecified atom stereocenters. The van der Waals surface area contributed by atoms with Crippen LogP contribution in [0.2, 0.25) is 0 Å². The number of benzene rings is 2. The number of hydrogen-bond donors (Lipinski definition) is 1. The van der Waals surface area contributed by atoms with Crippen LogP contribution >= 0.6 is 0 Å². The highest BCUT2D eigenvalue weighted by atomic mass is 16.5. The average Bonchev–Trinajstić information content (AvgIpc) is 2.63. The Kier molecular flexibility index (Phi) is 4.93. The molecule has 1 aliphatic rings. The van der Waals surface area contributed by atoms with Crippen LogP contribution in [0.5, 0.6) is 5.75 Å². The maximum atomic E-state index is 12.8. The van der Waals surface area contributed by atoms with E-state index in [0.717, 1.165) is 30.9 Å². The molecule has 23 heavy (non-hydrogen) atoms. The van der Waals surface area contributed by atoms with Gasteiger partial charge in [-0.2, -0.15) is 0 Å². The van der Waals surface area contributed by atoms with Gasteiger partial charge in [0.15, 0.2) is 0 Å². The van der Waals surface area contributed by atoms with Gasteiger partial charge in [-0.25, -0.2) is 0 Å². The predicted octanol–water partition coefficient (Wildman–Crippen LogP) is 2.41. The fraction of sp³-hybridized carbons (Fsp3) is 0.316. The molecule has 0 aliphatic carbocycles. The number of nitrogens with one attached hydrogen (secondary N) is 1. The van der Waals surface area contributed by atoms with Crippen LogP contribution in [0.4, 0.5) is 0 Å². The van der Waals surface area contributed by atoms with Crippen LogP contribution in [0.15, 0.2) is 54.6 Å². The summed E-state index contributed by atoms with van der Waals surface area (Å²) in [6.07, 6.45) is 0.424. The van der Waals surface area contributed by atoms with Crippen LogP contribution < -0.4 is 10.1 Å². The van der Waals surface area contributed by atoms with Crippen molar-refractivity contribution in [1.82, 2.24) is 10.2 Å². The van der Waals surface area contributed by atoms with Crippen molar-refractivity contribution in [3.05, 3.63) is 65.7 Å². The maximum absolute atomic E-state index is 12.8. The number of amides is 1. The first-order valence-electron chi connectivity index (χ1n) is 7.96. The number of carbonyl (C=O) groups excluding carboxylic acids is 1. The summed E-state index contributed by atoms with van der Waals surface area (Å²) in [5.74, 6) is 0.982. The first-order chi connectivity index (χ1) is 11.3. The maximum Gasteiger partial charge on any atom is 0.227 e. The minimum Gasteiger partial charge on any atom is -0.497 e. The van der Waals surface area contributed by atoms with Crippen molar-refractivity contribution in [2.24, 2.45) is 0 Å². The largest absolute Gasteiger partial charge is 0.497 e. The molecule has 4 nitrogen and oxygen atoms in total. The summed E-state index contributed by atoms with van der Waals surface area (Å²) in [5, 5.41) is 3.39. The van der Waals surface area contributed by atoms with Gasteiger partial charge in [0.2, 0.25) is 5.91 Å². The molecule has 1 fully saturated rings. The normalized spacial score (nSPS) is 17.8. The Balaban J connectivity index is 1.73. The van der Waals surface area contributed by atoms with Crippen LogP contribution in [0, 0.1) is 0 Å². The Bertz CT molecular complexity index is 640. The number of rotatable bonds is 4. The third-order valence-corrected chi connectivity index (χ3v) is 4.26. The molecule has 1 amide bonds. The van der Waals surface area contributed by atoms with Crippen molar-refractivity contribution in [3.63, 3.8) is 0 Å². The Morgan fingerprint density at radius 3 is 2.61 bits per heavy atom. The number of nitrogens with zero attached hydrogens (tertiary/aromatic N) is 1. The van der Waals surface area contributed by atoms with Gasteiger partial charge in [-0.1, -0.05) is 42.5 Å². The third kappa shape index (κ3) is 3.71. The molecule has 0 bridgehead atoms. The van der Waals surface area contributed by atoms with Gasteiger partial charge in [-0.05, 0) is 23.3 Å². The zero-order valence-corrected chi connectivity index (χ0v) is 13.4. The van der Waals surface area contributed by atoms with Crippen LogP contribution in [-0.4, -0.2) is 37.6 Å². The standard InChI is InChI=1S/C19H22N2O2/c1-23-17-9-7-15(8-10-17)13-19(22)21-12-11-20-14-18(21)16-5-3-2-4-6-16/h2-10,18,20H,11-14H2,1H3. The number of ether oxygens (including phenoxy) is 1. The van der Waals surface area contributed by atoms with Gasteiger partial charge in [0.1, 0.15) is 5.75 Å². The van der Waals surface area contributed by atoms with Gasteiger partial charge in [-0.15, -0.1) is 0 Å². The molecule has 3 rings (SSSR count). The van der Waals surface area contributed by atoms with Crippen molar-refractivity contribution >= 4 is 5.91 Å². The summed E-state index contributed by atoms with van der Waals surface area (Å²) in [6, 6.07) is 18.0. The van der Waals surface area contributed by atoms with E-state index in [-0.39, 0.29) is 11.9 Å². The molecule has 0 aromatic heterocycles. The second-order valence-electron chi connectivity index (χ2n) is 5.74. The highest BCUT2D eigenvalue weighted by Gasteiger charge is 2.27. The number of carbonyl (C=O) groups is 1. The lowest BCUT2D eigenvalue weighted by atomic mass is 10.0. The topological polar surface area (TPSA) is 41.6 Å². The summed E-state index contributed by atoms with van der Waals surface area (Å²) in [4.78, 5) is 14.8. The molecule has 1 N–H and O–H groups in total. The van der Waals surface area contributed by atoms with Gasteiger partial charge in [0, 0.05) is 19.6 Å². The summed E-state index contributed by atoms with van der Waals surface area (Å²) >= 11 is 0. The summed E-state index contributed by atoms with van der Waals surface area (Å²) < 4.78 is 5.16. The monoisotopic (exact) mass is 310 g/mol. The van der Waals surface area contributed by atoms with E-state index in [2.05, 4.69) is 17.4 Å². The lowest BCUT2D eigenvalue weighted by Crippen LogP contribution is -2.49. The molecule has 1 saturated heterocycles. The van der Waals surface area contributed by atoms with E-state index in [9.17, 15) is 4.79 Å². The van der Waals surface area contributed by atoms with Crippen molar-refractivity contribution < 1.29 is 9.53 Å². The van der Waals surface area contributed by atoms with Crippen molar-refractivity contribution in [3.8, 4) is 5.75 Å². The highest BCUT2D eigenvalue weighted by molar-refractivity contribution is 5.79. The second-order valence-corrected chi connectivity index (χ2v) is 5.74. The zero-order chi connectivity index (χ0) is 16.1. The molecule has 0 radical (unpaired) electrons. The van der Waals surface area contributed by atoms with Crippen LogP contribution in [0.25, 0.3) is 0 Å². The van der Waals surface area contributed by atoms with Crippen molar-refractivity contribution in [2.45, 2.75) is 12.5 Å². The molecule has 1 atom stereocenters. The smallest absolute Gasteiger partial charge is 0.227 e. The molecule has 1 aliphatic heterocycles. The predicted molar refractivity (Wildman–Crippen MR) is 90.5 cm³/mol. The van der Waals surface area contributed by atoms with Crippen molar-refractivity contribution in [1.29, 1.82) is 0 Å². The lowest BCUT2D eigenvalue weighted by molar-refractivity contribution is -0.133. The Morgan fingerprint density at radius 2 is 1.91 bits per heavy atom. The molecule has 4 heteroatoms. The fourth-order valence-corrected chi connectivity index (χ4v) is 3.00. The number of methoxy groups -OCH3 is 1. The average molecular weight is 310 g/mol. The molecule has 2 aromatic carbocycles. The highest BCUT2D eigenvalue weighted by Crippen LogP contribution is 2.23. The summed E-state index contributed by atoms with van der Waals surface area (Å²) in [5.41, 5.74) is 2.20. The molecule has 2 aromatic rings. The van der Waals surface area contributed by atoms with Gasteiger partial charge in [0.05, 0.1) is 19.6 Å². The van der Waals surface area contributed by atoms with E-state index < -0.39 is 0 Å². The second kappa shape index (κ2) is 7.29. The SMILES string of the molecule is COc1ccc(CC(=O)N2CCNCC2c2ccccc2)cc1. The van der Waals surface area contributed by atoms with Crippen LogP contribution in [0.3, 0.4) is 0 Å². The Morgan fingerprint density at radius 1 is 1.17 bits per heavy atom. The first-order valence-corrected chi connectivity index (χ1v) is 7.96. The molecule has 0 saturated carbocycles. The third-order valence-electron chi connectivity index (χ3n) is 4.26. The van der Waals surface area contributed by atoms with Gasteiger partial charge >= 0.3 is 0 Å². The number of hydrogen-bond acceptors (Lipinski definition) is 3. The van der Waals surface area contributed by atoms with Gasteiger partial charge in [0.25, 0.3) is 0 Å².